The maximum atomic E-state index is 11.1. The van der Waals surface area contributed by atoms with Gasteiger partial charge in [0.15, 0.2) is 5.96 Å². The van der Waals surface area contributed by atoms with E-state index in [0.29, 0.717) is 6.54 Å². The van der Waals surface area contributed by atoms with Crippen molar-refractivity contribution in [3.05, 3.63) is 29.8 Å². The van der Waals surface area contributed by atoms with Gasteiger partial charge in [0.2, 0.25) is 5.91 Å². The van der Waals surface area contributed by atoms with Crippen molar-refractivity contribution in [1.82, 2.24) is 10.6 Å². The Balaban J connectivity index is 0.00000484. The zero-order chi connectivity index (χ0) is 16.2. The number of amides is 1. The summed E-state index contributed by atoms with van der Waals surface area (Å²) in [5, 5.41) is 9.39. The first-order chi connectivity index (χ1) is 10.7. The van der Waals surface area contributed by atoms with Crippen LogP contribution in [0.4, 0.5) is 5.69 Å². The van der Waals surface area contributed by atoms with E-state index in [0.717, 1.165) is 30.2 Å². The lowest BCUT2D eigenvalue weighted by Gasteiger charge is -2.12. The van der Waals surface area contributed by atoms with E-state index in [9.17, 15) is 4.79 Å². The summed E-state index contributed by atoms with van der Waals surface area (Å²) in [7, 11) is 1.77. The van der Waals surface area contributed by atoms with Crippen LogP contribution in [-0.4, -0.2) is 25.5 Å². The average molecular weight is 432 g/mol. The molecule has 3 N–H and O–H groups in total. The number of nitrogens with one attached hydrogen (secondary N) is 3. The molecule has 0 aliphatic rings. The molecule has 0 atom stereocenters. The third-order valence-corrected chi connectivity index (χ3v) is 3.25. The molecule has 1 rings (SSSR count). The lowest BCUT2D eigenvalue weighted by Crippen LogP contribution is -2.37. The van der Waals surface area contributed by atoms with Crippen molar-refractivity contribution in [1.29, 1.82) is 0 Å². The van der Waals surface area contributed by atoms with Crippen LogP contribution in [0.3, 0.4) is 0 Å². The normalized spacial score (nSPS) is 10.7. The predicted molar refractivity (Wildman–Crippen MR) is 109 cm³/mol. The van der Waals surface area contributed by atoms with Crippen LogP contribution in [0.25, 0.3) is 0 Å². The fraction of sp³-hybridized carbons (Fsp3) is 0.529. The number of benzene rings is 1. The van der Waals surface area contributed by atoms with E-state index in [2.05, 4.69) is 27.9 Å². The van der Waals surface area contributed by atoms with Crippen LogP contribution in [-0.2, 0) is 11.3 Å². The van der Waals surface area contributed by atoms with E-state index in [-0.39, 0.29) is 29.9 Å². The van der Waals surface area contributed by atoms with Crippen molar-refractivity contribution in [3.63, 3.8) is 0 Å². The summed E-state index contributed by atoms with van der Waals surface area (Å²) in [6.07, 6.45) is 4.94. The van der Waals surface area contributed by atoms with Gasteiger partial charge < -0.3 is 16.0 Å². The highest BCUT2D eigenvalue weighted by atomic mass is 127. The van der Waals surface area contributed by atoms with Crippen molar-refractivity contribution >= 4 is 41.5 Å². The quantitative estimate of drug-likeness (QED) is 0.255. The minimum Gasteiger partial charge on any atom is -0.356 e. The van der Waals surface area contributed by atoms with Gasteiger partial charge in [-0.15, -0.1) is 24.0 Å². The van der Waals surface area contributed by atoms with Crippen LogP contribution in [0, 0.1) is 0 Å². The number of aliphatic imine (C=N–C) groups is 1. The van der Waals surface area contributed by atoms with Gasteiger partial charge in [0.25, 0.3) is 0 Å². The van der Waals surface area contributed by atoms with E-state index in [1.54, 1.807) is 7.05 Å². The summed E-state index contributed by atoms with van der Waals surface area (Å²) < 4.78 is 0. The van der Waals surface area contributed by atoms with Gasteiger partial charge in [0, 0.05) is 32.7 Å². The molecule has 130 valence electrons. The highest BCUT2D eigenvalue weighted by Crippen LogP contribution is 2.10. The Labute approximate surface area is 156 Å². The maximum Gasteiger partial charge on any atom is 0.221 e. The first-order valence-electron chi connectivity index (χ1n) is 7.96. The Morgan fingerprint density at radius 1 is 1.17 bits per heavy atom. The van der Waals surface area contributed by atoms with Crippen molar-refractivity contribution < 1.29 is 4.79 Å². The predicted octanol–water partition coefficient (Wildman–Crippen LogP) is 3.51. The molecule has 0 unspecified atom stereocenters. The first-order valence-corrected chi connectivity index (χ1v) is 7.96. The second-order valence-electron chi connectivity index (χ2n) is 5.29. The average Bonchev–Trinajstić information content (AvgIpc) is 2.50. The highest BCUT2D eigenvalue weighted by Gasteiger charge is 2.00. The molecule has 0 saturated heterocycles. The zero-order valence-electron chi connectivity index (χ0n) is 14.3. The number of halogens is 1. The number of hydrogen-bond acceptors (Lipinski definition) is 2. The fourth-order valence-corrected chi connectivity index (χ4v) is 2.13. The molecule has 23 heavy (non-hydrogen) atoms. The van der Waals surface area contributed by atoms with Crippen LogP contribution in [0.15, 0.2) is 29.3 Å². The number of unbranched alkanes of at least 4 members (excludes halogenated alkanes) is 3. The Bertz CT molecular complexity index is 491. The van der Waals surface area contributed by atoms with E-state index in [1.807, 2.05) is 24.3 Å². The number of hydrogen-bond donors (Lipinski definition) is 3. The molecule has 0 aliphatic carbocycles. The van der Waals surface area contributed by atoms with Crippen LogP contribution in [0.1, 0.15) is 45.1 Å². The minimum absolute atomic E-state index is 0. The SMILES string of the molecule is CCCCCCNC(=NC)NCc1cccc(NC(C)=O)c1.I. The number of anilines is 1. The summed E-state index contributed by atoms with van der Waals surface area (Å²) in [5.74, 6) is 0.746. The molecule has 1 amide bonds. The lowest BCUT2D eigenvalue weighted by molar-refractivity contribution is -0.114. The number of nitrogens with zero attached hydrogens (tertiary/aromatic N) is 1. The van der Waals surface area contributed by atoms with Gasteiger partial charge >= 0.3 is 0 Å². The highest BCUT2D eigenvalue weighted by molar-refractivity contribution is 14.0. The van der Waals surface area contributed by atoms with Gasteiger partial charge in [-0.2, -0.15) is 0 Å². The smallest absolute Gasteiger partial charge is 0.221 e. The third-order valence-electron chi connectivity index (χ3n) is 3.25. The standard InChI is InChI=1S/C17H28N4O.HI/c1-4-5-6-7-11-19-17(18-3)20-13-15-9-8-10-16(12-15)21-14(2)22;/h8-10,12H,4-7,11,13H2,1-3H3,(H,21,22)(H2,18,19,20);1H. The summed E-state index contributed by atoms with van der Waals surface area (Å²) in [6.45, 7) is 5.33. The topological polar surface area (TPSA) is 65.5 Å². The van der Waals surface area contributed by atoms with Crippen molar-refractivity contribution in [2.24, 2.45) is 4.99 Å². The largest absolute Gasteiger partial charge is 0.356 e. The molecule has 0 heterocycles. The first kappa shape index (κ1) is 21.7. The fourth-order valence-electron chi connectivity index (χ4n) is 2.13. The van der Waals surface area contributed by atoms with Gasteiger partial charge in [-0.25, -0.2) is 0 Å². The lowest BCUT2D eigenvalue weighted by atomic mass is 10.2. The molecule has 0 aliphatic heterocycles. The Morgan fingerprint density at radius 2 is 1.96 bits per heavy atom. The second-order valence-corrected chi connectivity index (χ2v) is 5.29. The molecule has 0 spiro atoms. The van der Waals surface area contributed by atoms with Crippen molar-refractivity contribution in [2.75, 3.05) is 18.9 Å². The zero-order valence-corrected chi connectivity index (χ0v) is 16.6. The summed E-state index contributed by atoms with van der Waals surface area (Å²) in [5.41, 5.74) is 1.91. The van der Waals surface area contributed by atoms with E-state index in [4.69, 9.17) is 0 Å². The summed E-state index contributed by atoms with van der Waals surface area (Å²) >= 11 is 0. The van der Waals surface area contributed by atoms with Gasteiger partial charge in [-0.3, -0.25) is 9.79 Å². The van der Waals surface area contributed by atoms with Crippen molar-refractivity contribution in [2.45, 2.75) is 46.1 Å². The Morgan fingerprint density at radius 3 is 2.61 bits per heavy atom. The summed E-state index contributed by atoms with van der Waals surface area (Å²) in [6, 6.07) is 7.80. The summed E-state index contributed by atoms with van der Waals surface area (Å²) in [4.78, 5) is 15.3. The molecular weight excluding hydrogens is 403 g/mol. The van der Waals surface area contributed by atoms with Gasteiger partial charge in [0.05, 0.1) is 0 Å². The van der Waals surface area contributed by atoms with Crippen LogP contribution in [0.2, 0.25) is 0 Å². The molecular formula is C17H29IN4O. The molecule has 1 aromatic carbocycles. The molecule has 5 nitrogen and oxygen atoms in total. The molecule has 0 saturated carbocycles. The van der Waals surface area contributed by atoms with Crippen LogP contribution >= 0.6 is 24.0 Å². The van der Waals surface area contributed by atoms with Gasteiger partial charge in [-0.1, -0.05) is 38.3 Å². The number of guanidine groups is 1. The number of rotatable bonds is 8. The Hall–Kier alpha value is -1.31. The van der Waals surface area contributed by atoms with Crippen LogP contribution < -0.4 is 16.0 Å². The number of carbonyl (C=O) groups is 1. The van der Waals surface area contributed by atoms with Crippen LogP contribution in [0.5, 0.6) is 0 Å². The second kappa shape index (κ2) is 13.2. The van der Waals surface area contributed by atoms with E-state index >= 15 is 0 Å². The minimum atomic E-state index is -0.0605. The molecule has 0 fully saturated rings. The molecule has 0 radical (unpaired) electrons. The van der Waals surface area contributed by atoms with Gasteiger partial charge in [0.1, 0.15) is 0 Å². The molecule has 0 bridgehead atoms. The van der Waals surface area contributed by atoms with E-state index in [1.165, 1.54) is 26.2 Å². The molecule has 6 heteroatoms. The van der Waals surface area contributed by atoms with E-state index < -0.39 is 0 Å². The molecule has 1 aromatic rings. The van der Waals surface area contributed by atoms with Gasteiger partial charge in [-0.05, 0) is 24.1 Å². The number of carbonyl (C=O) groups excluding carboxylic acids is 1. The Kier molecular flexibility index (Phi) is 12.4. The monoisotopic (exact) mass is 432 g/mol. The molecule has 0 aromatic heterocycles. The van der Waals surface area contributed by atoms with Crippen molar-refractivity contribution in [3.8, 4) is 0 Å². The third kappa shape index (κ3) is 10.1. The maximum absolute atomic E-state index is 11.1.